The number of carbonyl (C=O) groups excluding carboxylic acids is 1. The number of amidine groups is 1. The van der Waals surface area contributed by atoms with Crippen LogP contribution in [0.25, 0.3) is 0 Å². The molecule has 0 aliphatic heterocycles. The molecule has 1 aromatic carbocycles. The van der Waals surface area contributed by atoms with Gasteiger partial charge < -0.3 is 5.32 Å². The Labute approximate surface area is 113 Å². The maximum Gasteiger partial charge on any atom is 0.258 e. The van der Waals surface area contributed by atoms with E-state index in [2.05, 4.69) is 10.3 Å². The van der Waals surface area contributed by atoms with Crippen molar-refractivity contribution in [3.05, 3.63) is 46.5 Å². The minimum atomic E-state index is -0.245. The molecule has 1 N–H and O–H groups in total. The molecule has 0 unspecified atom stereocenters. The fourth-order valence-electron chi connectivity index (χ4n) is 1.40. The fourth-order valence-corrected chi connectivity index (χ4v) is 1.60. The first-order valence-electron chi connectivity index (χ1n) is 5.79. The molecule has 3 nitrogen and oxygen atoms in total. The van der Waals surface area contributed by atoms with E-state index in [1.165, 1.54) is 0 Å². The lowest BCUT2D eigenvalue weighted by Gasteiger charge is -2.07. The number of nitrogens with one attached hydrogen (secondary N) is 1. The van der Waals surface area contributed by atoms with Gasteiger partial charge in [-0.05, 0) is 31.6 Å². The van der Waals surface area contributed by atoms with E-state index in [0.29, 0.717) is 16.4 Å². The first-order chi connectivity index (χ1) is 8.58. The van der Waals surface area contributed by atoms with Crippen molar-refractivity contribution in [1.82, 2.24) is 5.32 Å². The van der Waals surface area contributed by atoms with Gasteiger partial charge in [0.15, 0.2) is 0 Å². The van der Waals surface area contributed by atoms with Crippen LogP contribution >= 0.6 is 11.6 Å². The third-order valence-corrected chi connectivity index (χ3v) is 2.69. The Bertz CT molecular complexity index is 493. The van der Waals surface area contributed by atoms with Crippen molar-refractivity contribution >= 4 is 23.3 Å². The molecule has 0 atom stereocenters. The Morgan fingerprint density at radius 1 is 1.50 bits per heavy atom. The highest BCUT2D eigenvalue weighted by molar-refractivity contribution is 6.34. The quantitative estimate of drug-likeness (QED) is 0.660. The summed E-state index contributed by atoms with van der Waals surface area (Å²) < 4.78 is 0. The van der Waals surface area contributed by atoms with Crippen molar-refractivity contribution in [2.45, 2.75) is 20.3 Å². The third-order valence-electron chi connectivity index (χ3n) is 2.36. The lowest BCUT2D eigenvalue weighted by Crippen LogP contribution is -2.29. The highest BCUT2D eigenvalue weighted by Crippen LogP contribution is 2.17. The van der Waals surface area contributed by atoms with Crippen molar-refractivity contribution in [2.75, 3.05) is 7.05 Å². The number of aliphatic imine (C=N–C) groups is 1. The first kappa shape index (κ1) is 14.5. The van der Waals surface area contributed by atoms with E-state index in [1.54, 1.807) is 25.3 Å². The molecule has 0 radical (unpaired) electrons. The lowest BCUT2D eigenvalue weighted by atomic mass is 10.1. The number of benzene rings is 1. The molecule has 0 fully saturated rings. The molecule has 96 valence electrons. The van der Waals surface area contributed by atoms with Gasteiger partial charge in [0.1, 0.15) is 5.84 Å². The number of rotatable bonds is 3. The number of allylic oxidation sites excluding steroid dienone is 1. The molecular weight excluding hydrogens is 248 g/mol. The molecule has 0 aliphatic rings. The largest absolute Gasteiger partial charge is 0.307 e. The molecular formula is C14H17ClN2O. The summed E-state index contributed by atoms with van der Waals surface area (Å²) in [7, 11) is 1.63. The number of nitrogens with zero attached hydrogens (tertiary/aromatic N) is 1. The predicted molar refractivity (Wildman–Crippen MR) is 76.4 cm³/mol. The topological polar surface area (TPSA) is 41.5 Å². The van der Waals surface area contributed by atoms with Crippen molar-refractivity contribution in [3.8, 4) is 0 Å². The van der Waals surface area contributed by atoms with Gasteiger partial charge in [0, 0.05) is 7.05 Å². The van der Waals surface area contributed by atoms with Gasteiger partial charge in [-0.1, -0.05) is 36.2 Å². The van der Waals surface area contributed by atoms with Gasteiger partial charge >= 0.3 is 0 Å². The normalized spacial score (nSPS) is 11.9. The second kappa shape index (κ2) is 6.97. The van der Waals surface area contributed by atoms with Crippen molar-refractivity contribution in [2.24, 2.45) is 4.99 Å². The second-order valence-corrected chi connectivity index (χ2v) is 4.26. The molecule has 1 rings (SSSR count). The standard InChI is InChI=1S/C14H17ClN2O/c1-4-5-6-13(16-3)17-14(18)11-9-10(2)7-8-12(11)15/h5-9H,4H2,1-3H3,(H,16,17,18)/b6-5-. The van der Waals surface area contributed by atoms with Gasteiger partial charge in [0.05, 0.1) is 10.6 Å². The third kappa shape index (κ3) is 4.00. The number of amides is 1. The fraction of sp³-hybridized carbons (Fsp3) is 0.286. The van der Waals surface area contributed by atoms with E-state index in [1.807, 2.05) is 26.0 Å². The van der Waals surface area contributed by atoms with Gasteiger partial charge in [-0.2, -0.15) is 0 Å². The van der Waals surface area contributed by atoms with Crippen LogP contribution in [0, 0.1) is 6.92 Å². The Morgan fingerprint density at radius 2 is 2.22 bits per heavy atom. The molecule has 0 bridgehead atoms. The summed E-state index contributed by atoms with van der Waals surface area (Å²) in [6.07, 6.45) is 4.60. The van der Waals surface area contributed by atoms with Gasteiger partial charge in [-0.25, -0.2) is 0 Å². The Kier molecular flexibility index (Phi) is 5.59. The van der Waals surface area contributed by atoms with Crippen LogP contribution in [0.4, 0.5) is 0 Å². The van der Waals surface area contributed by atoms with Crippen LogP contribution in [0.5, 0.6) is 0 Å². The van der Waals surface area contributed by atoms with Crippen LogP contribution in [0.3, 0.4) is 0 Å². The van der Waals surface area contributed by atoms with E-state index < -0.39 is 0 Å². The van der Waals surface area contributed by atoms with E-state index in [4.69, 9.17) is 11.6 Å². The average molecular weight is 265 g/mol. The lowest BCUT2D eigenvalue weighted by molar-refractivity contribution is 0.0977. The summed E-state index contributed by atoms with van der Waals surface area (Å²) in [6.45, 7) is 3.93. The van der Waals surface area contributed by atoms with Crippen molar-refractivity contribution in [1.29, 1.82) is 0 Å². The predicted octanol–water partition coefficient (Wildman–Crippen LogP) is 3.37. The van der Waals surface area contributed by atoms with Gasteiger partial charge in [-0.15, -0.1) is 0 Å². The monoisotopic (exact) mass is 264 g/mol. The molecule has 0 aromatic heterocycles. The summed E-state index contributed by atoms with van der Waals surface area (Å²) in [5.41, 5.74) is 1.45. The van der Waals surface area contributed by atoms with Crippen LogP contribution in [0.2, 0.25) is 5.02 Å². The Morgan fingerprint density at radius 3 is 2.83 bits per heavy atom. The molecule has 0 saturated heterocycles. The number of hydrogen-bond donors (Lipinski definition) is 1. The summed E-state index contributed by atoms with van der Waals surface area (Å²) in [6, 6.07) is 5.34. The molecule has 0 saturated carbocycles. The smallest absolute Gasteiger partial charge is 0.258 e. The zero-order valence-corrected chi connectivity index (χ0v) is 11.6. The molecule has 0 aliphatic carbocycles. The summed E-state index contributed by atoms with van der Waals surface area (Å²) in [4.78, 5) is 16.0. The van der Waals surface area contributed by atoms with Gasteiger partial charge in [0.25, 0.3) is 5.91 Å². The van der Waals surface area contributed by atoms with Gasteiger partial charge in [-0.3, -0.25) is 9.79 Å². The second-order valence-electron chi connectivity index (χ2n) is 3.86. The zero-order valence-electron chi connectivity index (χ0n) is 10.8. The van der Waals surface area contributed by atoms with Crippen LogP contribution in [0.15, 0.2) is 35.3 Å². The summed E-state index contributed by atoms with van der Waals surface area (Å²) >= 11 is 6.00. The summed E-state index contributed by atoms with van der Waals surface area (Å²) in [5.74, 6) is 0.282. The maximum absolute atomic E-state index is 12.0. The zero-order chi connectivity index (χ0) is 13.5. The van der Waals surface area contributed by atoms with E-state index >= 15 is 0 Å². The molecule has 4 heteroatoms. The minimum absolute atomic E-state index is 0.245. The molecule has 0 heterocycles. The molecule has 1 amide bonds. The van der Waals surface area contributed by atoms with Crippen LogP contribution < -0.4 is 5.32 Å². The molecule has 0 spiro atoms. The maximum atomic E-state index is 12.0. The minimum Gasteiger partial charge on any atom is -0.307 e. The van der Waals surface area contributed by atoms with Crippen LogP contribution in [-0.4, -0.2) is 18.8 Å². The van der Waals surface area contributed by atoms with E-state index in [-0.39, 0.29) is 5.91 Å². The van der Waals surface area contributed by atoms with E-state index in [0.717, 1.165) is 12.0 Å². The van der Waals surface area contributed by atoms with Crippen molar-refractivity contribution < 1.29 is 4.79 Å². The number of aryl methyl sites for hydroxylation is 1. The van der Waals surface area contributed by atoms with E-state index in [9.17, 15) is 4.79 Å². The molecule has 1 aromatic rings. The number of hydrogen-bond acceptors (Lipinski definition) is 2. The number of halogens is 1. The Balaban J connectivity index is 2.88. The molecule has 18 heavy (non-hydrogen) atoms. The SMILES string of the molecule is CC/C=C\C(=NC)NC(=O)c1cc(C)ccc1Cl. The van der Waals surface area contributed by atoms with Gasteiger partial charge in [0.2, 0.25) is 0 Å². The average Bonchev–Trinajstić information content (AvgIpc) is 2.37. The summed E-state index contributed by atoms with van der Waals surface area (Å²) in [5, 5.41) is 3.16. The van der Waals surface area contributed by atoms with Crippen LogP contribution in [-0.2, 0) is 0 Å². The first-order valence-corrected chi connectivity index (χ1v) is 6.17. The van der Waals surface area contributed by atoms with Crippen molar-refractivity contribution in [3.63, 3.8) is 0 Å². The highest BCUT2D eigenvalue weighted by Gasteiger charge is 2.11. The highest BCUT2D eigenvalue weighted by atomic mass is 35.5. The Hall–Kier alpha value is -1.61. The van der Waals surface area contributed by atoms with Crippen LogP contribution in [0.1, 0.15) is 29.3 Å². The number of carbonyl (C=O) groups is 1.